The Labute approximate surface area is 123 Å². The number of fused-ring (bicyclic) bond motifs is 1. The van der Waals surface area contributed by atoms with Gasteiger partial charge >= 0.3 is 0 Å². The molecule has 0 unspecified atom stereocenters. The second-order valence-electron chi connectivity index (χ2n) is 5.01. The summed E-state index contributed by atoms with van der Waals surface area (Å²) >= 11 is 5.98. The maximum absolute atomic E-state index is 9.50. The largest absolute Gasteiger partial charge is 0.506 e. The first-order chi connectivity index (χ1) is 9.74. The Morgan fingerprint density at radius 3 is 2.90 bits per heavy atom. The summed E-state index contributed by atoms with van der Waals surface area (Å²) < 4.78 is 0. The third-order valence-electron chi connectivity index (χ3n) is 3.59. The van der Waals surface area contributed by atoms with Crippen LogP contribution in [0.1, 0.15) is 11.1 Å². The number of rotatable bonds is 2. The van der Waals surface area contributed by atoms with Crippen LogP contribution in [0.4, 0.5) is 5.69 Å². The van der Waals surface area contributed by atoms with Crippen LogP contribution in [0.25, 0.3) is 0 Å². The molecule has 1 aliphatic rings. The van der Waals surface area contributed by atoms with E-state index in [4.69, 9.17) is 11.6 Å². The van der Waals surface area contributed by atoms with E-state index in [1.807, 2.05) is 12.1 Å². The molecule has 0 spiro atoms. The van der Waals surface area contributed by atoms with Crippen molar-refractivity contribution in [2.45, 2.75) is 13.1 Å². The van der Waals surface area contributed by atoms with Gasteiger partial charge in [0.1, 0.15) is 5.75 Å². The van der Waals surface area contributed by atoms with Gasteiger partial charge in [0.15, 0.2) is 0 Å². The molecule has 0 saturated heterocycles. The molecule has 0 atom stereocenters. The van der Waals surface area contributed by atoms with E-state index >= 15 is 0 Å². The van der Waals surface area contributed by atoms with Crippen LogP contribution in [-0.2, 0) is 13.1 Å². The number of hydrogen-bond donors (Lipinski definition) is 2. The van der Waals surface area contributed by atoms with E-state index in [2.05, 4.69) is 34.5 Å². The molecule has 0 radical (unpaired) electrons. The van der Waals surface area contributed by atoms with Gasteiger partial charge in [-0.3, -0.25) is 0 Å². The van der Waals surface area contributed by atoms with Crippen LogP contribution in [-0.4, -0.2) is 18.2 Å². The lowest BCUT2D eigenvalue weighted by atomic mass is 10.1. The van der Waals surface area contributed by atoms with E-state index in [0.29, 0.717) is 5.02 Å². The van der Waals surface area contributed by atoms with Crippen molar-refractivity contribution in [2.75, 3.05) is 18.0 Å². The van der Waals surface area contributed by atoms with Crippen molar-refractivity contribution in [3.63, 3.8) is 0 Å². The second kappa shape index (κ2) is 5.73. The highest BCUT2D eigenvalue weighted by atomic mass is 35.5. The minimum atomic E-state index is 0.133. The van der Waals surface area contributed by atoms with Gasteiger partial charge in [-0.15, -0.1) is 0 Å². The van der Waals surface area contributed by atoms with Crippen LogP contribution in [0.5, 0.6) is 5.75 Å². The van der Waals surface area contributed by atoms with E-state index in [1.165, 1.54) is 11.3 Å². The maximum atomic E-state index is 9.50. The molecule has 0 aromatic heterocycles. The van der Waals surface area contributed by atoms with Gasteiger partial charge in [-0.1, -0.05) is 35.9 Å². The molecule has 0 bridgehead atoms. The summed E-state index contributed by atoms with van der Waals surface area (Å²) in [5.41, 5.74) is 3.68. The lowest BCUT2D eigenvalue weighted by Crippen LogP contribution is -2.28. The quantitative estimate of drug-likeness (QED) is 0.891. The van der Waals surface area contributed by atoms with Crippen LogP contribution in [0, 0.1) is 0 Å². The highest BCUT2D eigenvalue weighted by Gasteiger charge is 2.15. The van der Waals surface area contributed by atoms with E-state index in [0.717, 1.165) is 31.7 Å². The minimum Gasteiger partial charge on any atom is -0.506 e. The molecule has 3 nitrogen and oxygen atoms in total. The van der Waals surface area contributed by atoms with Crippen molar-refractivity contribution < 1.29 is 5.11 Å². The number of phenolic OH excluding ortho intramolecular Hbond substituents is 1. The van der Waals surface area contributed by atoms with E-state index in [1.54, 1.807) is 6.07 Å². The summed E-state index contributed by atoms with van der Waals surface area (Å²) in [6, 6.07) is 13.9. The molecule has 104 valence electrons. The van der Waals surface area contributed by atoms with Crippen molar-refractivity contribution in [3.05, 3.63) is 58.6 Å². The number of halogens is 1. The van der Waals surface area contributed by atoms with E-state index < -0.39 is 0 Å². The average molecular weight is 289 g/mol. The molecule has 3 rings (SSSR count). The van der Waals surface area contributed by atoms with Gasteiger partial charge in [-0.05, 0) is 29.3 Å². The Bertz CT molecular complexity index is 615. The summed E-state index contributed by atoms with van der Waals surface area (Å²) in [5.74, 6) is 0.133. The van der Waals surface area contributed by atoms with Gasteiger partial charge in [0.05, 0.1) is 5.02 Å². The Morgan fingerprint density at radius 1 is 1.20 bits per heavy atom. The summed E-state index contributed by atoms with van der Waals surface area (Å²) in [4.78, 5) is 2.35. The summed E-state index contributed by atoms with van der Waals surface area (Å²) in [5, 5.41) is 13.3. The molecule has 4 heteroatoms. The average Bonchev–Trinajstić information content (AvgIpc) is 2.66. The van der Waals surface area contributed by atoms with Crippen LogP contribution in [0.15, 0.2) is 42.5 Å². The maximum Gasteiger partial charge on any atom is 0.134 e. The van der Waals surface area contributed by atoms with Gasteiger partial charge in [-0.2, -0.15) is 0 Å². The molecule has 1 aliphatic heterocycles. The molecular weight excluding hydrogens is 272 g/mol. The zero-order chi connectivity index (χ0) is 13.9. The number of phenols is 1. The second-order valence-corrected chi connectivity index (χ2v) is 5.42. The fourth-order valence-electron chi connectivity index (χ4n) is 2.56. The van der Waals surface area contributed by atoms with Gasteiger partial charge in [-0.25, -0.2) is 0 Å². The van der Waals surface area contributed by atoms with Crippen molar-refractivity contribution in [2.24, 2.45) is 0 Å². The van der Waals surface area contributed by atoms with Crippen molar-refractivity contribution in [1.82, 2.24) is 5.32 Å². The third kappa shape index (κ3) is 2.74. The van der Waals surface area contributed by atoms with Gasteiger partial charge in [0.2, 0.25) is 0 Å². The Morgan fingerprint density at radius 2 is 2.05 bits per heavy atom. The first-order valence-corrected chi connectivity index (χ1v) is 7.13. The topological polar surface area (TPSA) is 35.5 Å². The first-order valence-electron chi connectivity index (χ1n) is 6.75. The predicted molar refractivity (Wildman–Crippen MR) is 82.3 cm³/mol. The van der Waals surface area contributed by atoms with Crippen LogP contribution < -0.4 is 10.2 Å². The number of aromatic hydroxyl groups is 1. The molecule has 20 heavy (non-hydrogen) atoms. The molecule has 1 heterocycles. The Kier molecular flexibility index (Phi) is 3.81. The predicted octanol–water partition coefficient (Wildman–Crippen LogP) is 3.16. The minimum absolute atomic E-state index is 0.133. The van der Waals surface area contributed by atoms with E-state index in [9.17, 15) is 5.11 Å². The molecule has 0 saturated carbocycles. The van der Waals surface area contributed by atoms with E-state index in [-0.39, 0.29) is 5.75 Å². The smallest absolute Gasteiger partial charge is 0.134 e. The van der Waals surface area contributed by atoms with Gasteiger partial charge < -0.3 is 15.3 Å². The number of nitrogens with one attached hydrogen (secondary N) is 1. The summed E-state index contributed by atoms with van der Waals surface area (Å²) in [6.45, 7) is 3.61. The van der Waals surface area contributed by atoms with Crippen LogP contribution in [0.3, 0.4) is 0 Å². The molecular formula is C16H17ClN2O. The number of anilines is 1. The highest BCUT2D eigenvalue weighted by Crippen LogP contribution is 2.27. The fourth-order valence-corrected chi connectivity index (χ4v) is 2.76. The lowest BCUT2D eigenvalue weighted by molar-refractivity contribution is 0.475. The molecule has 0 aliphatic carbocycles. The van der Waals surface area contributed by atoms with Crippen LogP contribution >= 0.6 is 11.6 Å². The Hall–Kier alpha value is -1.71. The molecule has 0 fully saturated rings. The SMILES string of the molecule is Oc1ccc(CN2CCNCc3ccccc32)cc1Cl. The Balaban J connectivity index is 1.88. The summed E-state index contributed by atoms with van der Waals surface area (Å²) in [6.07, 6.45) is 0. The molecule has 2 aromatic carbocycles. The number of nitrogens with zero attached hydrogens (tertiary/aromatic N) is 1. The lowest BCUT2D eigenvalue weighted by Gasteiger charge is -2.24. The normalized spacial score (nSPS) is 14.8. The van der Waals surface area contributed by atoms with Crippen molar-refractivity contribution in [3.8, 4) is 5.75 Å². The van der Waals surface area contributed by atoms with Gasteiger partial charge in [0.25, 0.3) is 0 Å². The fraction of sp³-hybridized carbons (Fsp3) is 0.250. The highest BCUT2D eigenvalue weighted by molar-refractivity contribution is 6.32. The summed E-state index contributed by atoms with van der Waals surface area (Å²) in [7, 11) is 0. The van der Waals surface area contributed by atoms with Crippen LogP contribution in [0.2, 0.25) is 5.02 Å². The molecule has 2 N–H and O–H groups in total. The number of benzene rings is 2. The number of hydrogen-bond acceptors (Lipinski definition) is 3. The van der Waals surface area contributed by atoms with Crippen molar-refractivity contribution >= 4 is 17.3 Å². The van der Waals surface area contributed by atoms with Gasteiger partial charge in [0, 0.05) is 31.9 Å². The molecule has 0 amide bonds. The zero-order valence-corrected chi connectivity index (χ0v) is 11.9. The monoisotopic (exact) mass is 288 g/mol. The third-order valence-corrected chi connectivity index (χ3v) is 3.89. The molecule has 2 aromatic rings. The van der Waals surface area contributed by atoms with Crippen molar-refractivity contribution in [1.29, 1.82) is 0 Å². The zero-order valence-electron chi connectivity index (χ0n) is 11.1. The number of para-hydroxylation sites is 1. The standard InChI is InChI=1S/C16H17ClN2O/c17-14-9-12(5-6-16(14)20)11-19-8-7-18-10-13-3-1-2-4-15(13)19/h1-6,9,18,20H,7-8,10-11H2. The first kappa shape index (κ1) is 13.3.